The Hall–Kier alpha value is -2.68. The molecular weight excluding hydrogens is 616 g/mol. The predicted octanol–water partition coefficient (Wildman–Crippen LogP) is 2.29. The van der Waals surface area contributed by atoms with Crippen molar-refractivity contribution in [2.24, 2.45) is 16.7 Å². The van der Waals surface area contributed by atoms with E-state index in [0.717, 1.165) is 5.56 Å². The second-order valence-corrected chi connectivity index (χ2v) is 14.8. The fourth-order valence-electron chi connectivity index (χ4n) is 8.39. The number of hydrogen-bond donors (Lipinski definition) is 5. The van der Waals surface area contributed by atoms with Crippen molar-refractivity contribution >= 4 is 17.3 Å². The monoisotopic (exact) mass is 658 g/mol. The molecule has 4 aliphatic rings. The summed E-state index contributed by atoms with van der Waals surface area (Å²) in [5, 5.41) is 60.5. The number of carbonyl (C=O) groups excluding carboxylic acids is 1. The van der Waals surface area contributed by atoms with Crippen molar-refractivity contribution in [1.29, 1.82) is 0 Å². The summed E-state index contributed by atoms with van der Waals surface area (Å²) in [6.45, 7) is 8.14. The number of aliphatic hydroxyl groups is 5. The maximum Gasteiger partial charge on any atom is 0.360 e. The van der Waals surface area contributed by atoms with Crippen LogP contribution in [0, 0.1) is 23.7 Å². The Labute approximate surface area is 270 Å². The van der Waals surface area contributed by atoms with Crippen molar-refractivity contribution in [2.75, 3.05) is 6.61 Å². The van der Waals surface area contributed by atoms with E-state index in [1.54, 1.807) is 82.3 Å². The molecule has 11 nitrogen and oxygen atoms in total. The molecule has 1 aliphatic heterocycles. The minimum Gasteiger partial charge on any atom is -0.455 e. The van der Waals surface area contributed by atoms with Gasteiger partial charge in [-0.1, -0.05) is 56.7 Å². The van der Waals surface area contributed by atoms with Crippen LogP contribution in [-0.2, 0) is 25.0 Å². The average Bonchev–Trinajstić information content (AvgIpc) is 3.00. The second kappa shape index (κ2) is 11.5. The van der Waals surface area contributed by atoms with Crippen LogP contribution in [0.3, 0.4) is 0 Å². The highest BCUT2D eigenvalue weighted by Gasteiger charge is 2.76. The Balaban J connectivity index is 1.51. The molecular formula is C34H42O11S. The third-order valence-corrected chi connectivity index (χ3v) is 11.9. The number of fused-ring (bicyclic) bond motifs is 5. The summed E-state index contributed by atoms with van der Waals surface area (Å²) in [4.78, 5) is 13.8. The van der Waals surface area contributed by atoms with E-state index in [2.05, 4.69) is 0 Å². The Kier molecular flexibility index (Phi) is 8.30. The largest absolute Gasteiger partial charge is 0.455 e. The lowest BCUT2D eigenvalue weighted by atomic mass is 9.44. The van der Waals surface area contributed by atoms with Gasteiger partial charge in [-0.05, 0) is 49.3 Å². The zero-order chi connectivity index (χ0) is 33.4. The number of benzene rings is 2. The van der Waals surface area contributed by atoms with Crippen LogP contribution in [0.1, 0.15) is 56.5 Å². The quantitative estimate of drug-likeness (QED) is 0.228. The smallest absolute Gasteiger partial charge is 0.360 e. The average molecular weight is 659 g/mol. The molecule has 1 saturated heterocycles. The highest BCUT2D eigenvalue weighted by Crippen LogP contribution is 2.64. The Bertz CT molecular complexity index is 1540. The summed E-state index contributed by atoms with van der Waals surface area (Å²) in [6, 6.07) is 14.9. The van der Waals surface area contributed by atoms with Crippen LogP contribution in [0.2, 0.25) is 0 Å². The lowest BCUT2D eigenvalue weighted by Crippen LogP contribution is -2.81. The van der Waals surface area contributed by atoms with Gasteiger partial charge in [0.1, 0.15) is 29.2 Å². The van der Waals surface area contributed by atoms with Crippen LogP contribution in [0.25, 0.3) is 0 Å². The van der Waals surface area contributed by atoms with Crippen molar-refractivity contribution in [3.8, 4) is 5.75 Å². The highest BCUT2D eigenvalue weighted by molar-refractivity contribution is 7.75. The Morgan fingerprint density at radius 2 is 1.63 bits per heavy atom. The zero-order valence-electron chi connectivity index (χ0n) is 26.5. The molecule has 5 N–H and O–H groups in total. The second-order valence-electron chi connectivity index (χ2n) is 14.0. The van der Waals surface area contributed by atoms with Gasteiger partial charge in [0.2, 0.25) is 0 Å². The maximum atomic E-state index is 13.8. The molecule has 2 aromatic rings. The van der Waals surface area contributed by atoms with Gasteiger partial charge < -0.3 is 39.2 Å². The van der Waals surface area contributed by atoms with E-state index in [1.807, 2.05) is 6.92 Å². The minimum atomic E-state index is -2.42. The first-order chi connectivity index (χ1) is 21.6. The molecule has 46 heavy (non-hydrogen) atoms. The molecule has 3 aliphatic carbocycles. The zero-order valence-corrected chi connectivity index (χ0v) is 27.3. The summed E-state index contributed by atoms with van der Waals surface area (Å²) in [5.41, 5.74) is -5.26. The van der Waals surface area contributed by atoms with Crippen LogP contribution in [0.15, 0.2) is 65.7 Å². The molecule has 2 bridgehead atoms. The van der Waals surface area contributed by atoms with Crippen molar-refractivity contribution in [3.05, 3.63) is 76.9 Å². The van der Waals surface area contributed by atoms with Gasteiger partial charge in [0, 0.05) is 29.6 Å². The van der Waals surface area contributed by atoms with Gasteiger partial charge >= 0.3 is 17.3 Å². The van der Waals surface area contributed by atoms with Crippen LogP contribution < -0.4 is 4.18 Å². The normalized spacial score (nSPS) is 40.3. The molecule has 6 rings (SSSR count). The SMILES string of the molecule is CC1=C2C(O)C(O)[C@]3(C)C(OS(=O)Oc4ccc(C)cc4)CC4OCC4(O)C3C(OC(=O)c3ccccc3)C(O)(CC1O)C2(C)C. The summed E-state index contributed by atoms with van der Waals surface area (Å²) in [5.74, 6) is -1.88. The Morgan fingerprint density at radius 3 is 2.24 bits per heavy atom. The van der Waals surface area contributed by atoms with E-state index in [0.29, 0.717) is 5.57 Å². The topological polar surface area (TPSA) is 172 Å². The van der Waals surface area contributed by atoms with E-state index in [1.165, 1.54) is 0 Å². The van der Waals surface area contributed by atoms with Crippen LogP contribution in [0.4, 0.5) is 0 Å². The van der Waals surface area contributed by atoms with Crippen molar-refractivity contribution < 1.29 is 52.4 Å². The van der Waals surface area contributed by atoms with Crippen LogP contribution >= 0.6 is 0 Å². The molecule has 0 aromatic heterocycles. The number of aliphatic hydroxyl groups excluding tert-OH is 3. The molecule has 0 radical (unpaired) electrons. The third kappa shape index (κ3) is 4.88. The summed E-state index contributed by atoms with van der Waals surface area (Å²) in [7, 11) is 0. The van der Waals surface area contributed by atoms with E-state index >= 15 is 0 Å². The number of aryl methyl sites for hydroxylation is 1. The molecule has 0 amide bonds. The number of rotatable bonds is 6. The van der Waals surface area contributed by atoms with Crippen molar-refractivity contribution in [1.82, 2.24) is 0 Å². The molecule has 0 spiro atoms. The highest BCUT2D eigenvalue weighted by atomic mass is 32.2. The first-order valence-corrected chi connectivity index (χ1v) is 16.5. The van der Waals surface area contributed by atoms with Gasteiger partial charge in [0.25, 0.3) is 0 Å². The molecule has 2 aromatic carbocycles. The standard InChI is InChI=1S/C34H42O11S/c1-18-11-13-21(14-12-18)44-46(41)45-23-15-24-33(39,17-42-24)27-29(43-30(38)20-9-7-6-8-10-20)34(40)16-22(35)19(2)25(31(34,3)4)26(36)28(37)32(23,27)5/h6-14,22-24,26-29,35-37,39-40H,15-17H2,1-5H3/t22?,23?,24?,26?,27?,28?,29?,32-,33?,34?,46?/m1/s1. The number of esters is 1. The summed E-state index contributed by atoms with van der Waals surface area (Å²) in [6.07, 6.45) is -8.69. The summed E-state index contributed by atoms with van der Waals surface area (Å²) >= 11 is -2.42. The van der Waals surface area contributed by atoms with Gasteiger partial charge in [-0.15, -0.1) is 0 Å². The number of carbonyl (C=O) groups is 1. The van der Waals surface area contributed by atoms with Gasteiger partial charge in [0.15, 0.2) is 0 Å². The van der Waals surface area contributed by atoms with E-state index in [4.69, 9.17) is 17.8 Å². The lowest BCUT2D eigenvalue weighted by Gasteiger charge is -2.68. The molecule has 250 valence electrons. The molecule has 11 atom stereocenters. The van der Waals surface area contributed by atoms with Crippen LogP contribution in [-0.4, -0.2) is 90.1 Å². The molecule has 10 unspecified atom stereocenters. The fraction of sp³-hybridized carbons (Fsp3) is 0.559. The predicted molar refractivity (Wildman–Crippen MR) is 165 cm³/mol. The van der Waals surface area contributed by atoms with Crippen LogP contribution in [0.5, 0.6) is 5.75 Å². The lowest BCUT2D eigenvalue weighted by molar-refractivity contribution is -0.361. The molecule has 2 saturated carbocycles. The fourth-order valence-corrected chi connectivity index (χ4v) is 9.18. The van der Waals surface area contributed by atoms with E-state index < -0.39 is 81.9 Å². The van der Waals surface area contributed by atoms with Gasteiger partial charge in [0.05, 0.1) is 36.6 Å². The number of ether oxygens (including phenoxy) is 2. The van der Waals surface area contributed by atoms with Gasteiger partial charge in [-0.2, -0.15) is 4.21 Å². The molecule has 3 fully saturated rings. The van der Waals surface area contributed by atoms with Crippen molar-refractivity contribution in [2.45, 2.75) is 95.3 Å². The van der Waals surface area contributed by atoms with Gasteiger partial charge in [-0.25, -0.2) is 4.79 Å². The minimum absolute atomic E-state index is 0.0574. The van der Waals surface area contributed by atoms with E-state index in [-0.39, 0.29) is 36.3 Å². The first-order valence-electron chi connectivity index (χ1n) is 15.5. The number of hydrogen-bond acceptors (Lipinski definition) is 11. The first kappa shape index (κ1) is 33.2. The molecule has 1 heterocycles. The summed E-state index contributed by atoms with van der Waals surface area (Å²) < 4.78 is 36.9. The molecule has 12 heteroatoms. The maximum absolute atomic E-state index is 13.8. The van der Waals surface area contributed by atoms with E-state index in [9.17, 15) is 34.5 Å². The Morgan fingerprint density at radius 1 is 0.978 bits per heavy atom. The van der Waals surface area contributed by atoms with Crippen molar-refractivity contribution in [3.63, 3.8) is 0 Å². The van der Waals surface area contributed by atoms with Gasteiger partial charge in [-0.3, -0.25) is 4.18 Å². The third-order valence-electron chi connectivity index (χ3n) is 11.2.